The normalized spacial score (nSPS) is 17.9. The van der Waals surface area contributed by atoms with E-state index in [0.29, 0.717) is 45.4 Å². The van der Waals surface area contributed by atoms with Gasteiger partial charge in [-0.3, -0.25) is 9.59 Å². The van der Waals surface area contributed by atoms with E-state index in [4.69, 9.17) is 13.9 Å². The number of amides is 2. The molecular weight excluding hydrogens is 498 g/mol. The number of hydrogen-bond donors (Lipinski definition) is 1. The van der Waals surface area contributed by atoms with E-state index in [1.807, 2.05) is 0 Å². The highest BCUT2D eigenvalue weighted by molar-refractivity contribution is 7.91. The molecule has 13 heteroatoms. The SMILES string of the molecule is COC(=O)c1csc(S(=O)(=O)N2CCC3(CCN(C(=O)CNC(=O)c4ccco4)CC3)C2)c1OC. The molecule has 0 atom stereocenters. The number of likely N-dealkylation sites (tertiary alicyclic amines) is 1. The summed E-state index contributed by atoms with van der Waals surface area (Å²) in [7, 11) is -1.32. The first-order chi connectivity index (χ1) is 16.7. The zero-order valence-electron chi connectivity index (χ0n) is 19.4. The fourth-order valence-electron chi connectivity index (χ4n) is 4.57. The van der Waals surface area contributed by atoms with Gasteiger partial charge in [0.05, 0.1) is 27.0 Å². The first kappa shape index (κ1) is 25.2. The third kappa shape index (κ3) is 4.93. The standard InChI is InChI=1S/C22H27N3O8S2/c1-31-18-15(20(28)32-2)13-34-21(18)35(29,30)25-10-7-22(14-25)5-8-24(9-6-22)17(26)12-23-19(27)16-4-3-11-33-16/h3-4,11,13H,5-10,12,14H2,1-2H3,(H,23,27). The molecule has 0 radical (unpaired) electrons. The minimum atomic E-state index is -3.87. The third-order valence-electron chi connectivity index (χ3n) is 6.62. The van der Waals surface area contributed by atoms with Gasteiger partial charge in [-0.05, 0) is 36.8 Å². The number of furan rings is 1. The number of hydrogen-bond acceptors (Lipinski definition) is 9. The quantitative estimate of drug-likeness (QED) is 0.538. The van der Waals surface area contributed by atoms with Gasteiger partial charge in [-0.15, -0.1) is 11.3 Å². The van der Waals surface area contributed by atoms with Crippen molar-refractivity contribution in [1.29, 1.82) is 0 Å². The van der Waals surface area contributed by atoms with E-state index < -0.39 is 21.9 Å². The molecule has 35 heavy (non-hydrogen) atoms. The van der Waals surface area contributed by atoms with Crippen molar-refractivity contribution in [2.75, 3.05) is 46.9 Å². The van der Waals surface area contributed by atoms with E-state index in [1.165, 1.54) is 36.2 Å². The molecule has 190 valence electrons. The summed E-state index contributed by atoms with van der Waals surface area (Å²) in [5.74, 6) is -1.16. The Bertz CT molecular complexity index is 1200. The predicted octanol–water partition coefficient (Wildman–Crippen LogP) is 1.57. The van der Waals surface area contributed by atoms with Crippen LogP contribution in [0.5, 0.6) is 5.75 Å². The average molecular weight is 526 g/mol. The fourth-order valence-corrected chi connectivity index (χ4v) is 7.68. The summed E-state index contributed by atoms with van der Waals surface area (Å²) in [5.41, 5.74) is -0.143. The number of ether oxygens (including phenoxy) is 2. The van der Waals surface area contributed by atoms with Crippen LogP contribution in [0.1, 0.15) is 40.2 Å². The Morgan fingerprint density at radius 2 is 1.89 bits per heavy atom. The van der Waals surface area contributed by atoms with Gasteiger partial charge in [0, 0.05) is 31.6 Å². The van der Waals surface area contributed by atoms with Crippen LogP contribution >= 0.6 is 11.3 Å². The van der Waals surface area contributed by atoms with Crippen LogP contribution in [0.15, 0.2) is 32.4 Å². The van der Waals surface area contributed by atoms with Crippen LogP contribution < -0.4 is 10.1 Å². The van der Waals surface area contributed by atoms with Gasteiger partial charge in [0.2, 0.25) is 5.91 Å². The predicted molar refractivity (Wildman–Crippen MR) is 125 cm³/mol. The van der Waals surface area contributed by atoms with E-state index >= 15 is 0 Å². The Morgan fingerprint density at radius 1 is 1.17 bits per heavy atom. The number of methoxy groups -OCH3 is 2. The molecule has 4 heterocycles. The molecule has 2 fully saturated rings. The molecule has 0 saturated carbocycles. The van der Waals surface area contributed by atoms with Gasteiger partial charge in [-0.25, -0.2) is 13.2 Å². The van der Waals surface area contributed by atoms with Crippen molar-refractivity contribution in [3.8, 4) is 5.75 Å². The number of nitrogens with one attached hydrogen (secondary N) is 1. The minimum Gasteiger partial charge on any atom is -0.494 e. The third-order valence-corrected chi connectivity index (χ3v) is 9.94. The summed E-state index contributed by atoms with van der Waals surface area (Å²) in [5, 5.41) is 3.99. The van der Waals surface area contributed by atoms with Crippen LogP contribution in [0.2, 0.25) is 0 Å². The van der Waals surface area contributed by atoms with Gasteiger partial charge in [0.1, 0.15) is 5.56 Å². The zero-order valence-corrected chi connectivity index (χ0v) is 21.1. The lowest BCUT2D eigenvalue weighted by atomic mass is 9.78. The summed E-state index contributed by atoms with van der Waals surface area (Å²) in [6.07, 6.45) is 3.39. The molecule has 4 rings (SSSR count). The second-order valence-electron chi connectivity index (χ2n) is 8.59. The van der Waals surface area contributed by atoms with Crippen molar-refractivity contribution in [2.24, 2.45) is 5.41 Å². The van der Waals surface area contributed by atoms with Crippen molar-refractivity contribution in [3.05, 3.63) is 35.1 Å². The van der Waals surface area contributed by atoms with Crippen LogP contribution in [0.3, 0.4) is 0 Å². The molecule has 2 aromatic rings. The lowest BCUT2D eigenvalue weighted by molar-refractivity contribution is -0.132. The second kappa shape index (κ2) is 9.99. The van der Waals surface area contributed by atoms with Gasteiger partial charge in [0.15, 0.2) is 15.7 Å². The molecule has 2 amide bonds. The van der Waals surface area contributed by atoms with Crippen molar-refractivity contribution in [3.63, 3.8) is 0 Å². The van der Waals surface area contributed by atoms with Crippen molar-refractivity contribution < 1.29 is 36.7 Å². The zero-order chi connectivity index (χ0) is 25.2. The number of rotatable bonds is 7. The lowest BCUT2D eigenvalue weighted by Crippen LogP contribution is -2.47. The molecule has 1 spiro atoms. The molecule has 0 unspecified atom stereocenters. The average Bonchev–Trinajstić information content (AvgIpc) is 3.62. The van der Waals surface area contributed by atoms with Crippen molar-refractivity contribution in [2.45, 2.75) is 23.5 Å². The minimum absolute atomic E-state index is 0.000175. The Morgan fingerprint density at radius 3 is 2.51 bits per heavy atom. The Balaban J connectivity index is 1.36. The first-order valence-electron chi connectivity index (χ1n) is 11.0. The summed E-state index contributed by atoms with van der Waals surface area (Å²) < 4.78 is 43.2. The smallest absolute Gasteiger partial charge is 0.342 e. The highest BCUT2D eigenvalue weighted by Gasteiger charge is 2.46. The Kier molecular flexibility index (Phi) is 7.20. The van der Waals surface area contributed by atoms with Crippen LogP contribution in [-0.2, 0) is 19.6 Å². The Hall–Kier alpha value is -2.90. The molecular formula is C22H27N3O8S2. The monoisotopic (exact) mass is 525 g/mol. The molecule has 11 nitrogen and oxygen atoms in total. The number of sulfonamides is 1. The molecule has 2 aliphatic rings. The van der Waals surface area contributed by atoms with Crippen LogP contribution in [-0.4, -0.2) is 82.3 Å². The van der Waals surface area contributed by atoms with E-state index in [1.54, 1.807) is 11.0 Å². The number of thiophene rings is 1. The largest absolute Gasteiger partial charge is 0.494 e. The van der Waals surface area contributed by atoms with Crippen molar-refractivity contribution >= 4 is 39.1 Å². The summed E-state index contributed by atoms with van der Waals surface area (Å²) in [6, 6.07) is 3.12. The summed E-state index contributed by atoms with van der Waals surface area (Å²) >= 11 is 0.935. The van der Waals surface area contributed by atoms with Gasteiger partial charge < -0.3 is 24.1 Å². The highest BCUT2D eigenvalue weighted by Crippen LogP contribution is 2.44. The van der Waals surface area contributed by atoms with Crippen molar-refractivity contribution in [1.82, 2.24) is 14.5 Å². The number of nitrogens with zero attached hydrogens (tertiary/aromatic N) is 2. The van der Waals surface area contributed by atoms with Crippen LogP contribution in [0, 0.1) is 5.41 Å². The molecule has 0 aliphatic carbocycles. The van der Waals surface area contributed by atoms with Crippen LogP contribution in [0.25, 0.3) is 0 Å². The van der Waals surface area contributed by atoms with Gasteiger partial charge in [-0.2, -0.15) is 4.31 Å². The van der Waals surface area contributed by atoms with Crippen LogP contribution in [0.4, 0.5) is 0 Å². The lowest BCUT2D eigenvalue weighted by Gasteiger charge is -2.39. The topological polar surface area (TPSA) is 135 Å². The summed E-state index contributed by atoms with van der Waals surface area (Å²) in [4.78, 5) is 38.2. The van der Waals surface area contributed by atoms with E-state index in [9.17, 15) is 22.8 Å². The van der Waals surface area contributed by atoms with Gasteiger partial charge in [-0.1, -0.05) is 0 Å². The van der Waals surface area contributed by atoms with Gasteiger partial charge in [0.25, 0.3) is 15.9 Å². The molecule has 2 saturated heterocycles. The van der Waals surface area contributed by atoms with E-state index in [0.717, 1.165) is 11.3 Å². The number of esters is 1. The fraction of sp³-hybridized carbons (Fsp3) is 0.500. The second-order valence-corrected chi connectivity index (χ2v) is 11.6. The number of carbonyl (C=O) groups is 3. The molecule has 1 N–H and O–H groups in total. The maximum atomic E-state index is 13.4. The maximum Gasteiger partial charge on any atom is 0.342 e. The maximum absolute atomic E-state index is 13.4. The van der Waals surface area contributed by atoms with E-state index in [-0.39, 0.29) is 39.1 Å². The van der Waals surface area contributed by atoms with E-state index in [2.05, 4.69) is 5.32 Å². The molecule has 2 aliphatic heterocycles. The molecule has 0 bridgehead atoms. The van der Waals surface area contributed by atoms with Gasteiger partial charge >= 0.3 is 5.97 Å². The first-order valence-corrected chi connectivity index (χ1v) is 13.4. The number of piperidine rings is 1. The summed E-state index contributed by atoms with van der Waals surface area (Å²) in [6.45, 7) is 1.52. The highest BCUT2D eigenvalue weighted by atomic mass is 32.2. The molecule has 0 aromatic carbocycles. The number of carbonyl (C=O) groups excluding carboxylic acids is 3. The Labute approximate surface area is 207 Å². The molecule has 2 aromatic heterocycles.